The van der Waals surface area contributed by atoms with E-state index in [0.29, 0.717) is 0 Å². The first-order valence-corrected chi connectivity index (χ1v) is 6.50. The topological polar surface area (TPSA) is 21.7 Å². The molecule has 1 aromatic carbocycles. The molecule has 1 aromatic rings. The van der Waals surface area contributed by atoms with Crippen LogP contribution >= 0.6 is 0 Å². The van der Waals surface area contributed by atoms with E-state index in [2.05, 4.69) is 11.5 Å². The third-order valence-corrected chi connectivity index (χ3v) is 3.17. The van der Waals surface area contributed by atoms with Crippen LogP contribution in [0.5, 0.6) is 11.5 Å². The second-order valence-electron chi connectivity index (χ2n) is 4.65. The van der Waals surface area contributed by atoms with Crippen molar-refractivity contribution in [3.8, 4) is 11.5 Å². The highest BCUT2D eigenvalue weighted by Gasteiger charge is 2.11. The Hall–Kier alpha value is -1.48. The van der Waals surface area contributed by atoms with E-state index in [9.17, 15) is 0 Å². The summed E-state index contributed by atoms with van der Waals surface area (Å²) in [6, 6.07) is 7.59. The van der Waals surface area contributed by atoms with Crippen molar-refractivity contribution in [2.45, 2.75) is 19.3 Å². The maximum Gasteiger partial charge on any atom is 0.127 e. The van der Waals surface area contributed by atoms with Crippen LogP contribution in [-0.4, -0.2) is 31.6 Å². The van der Waals surface area contributed by atoms with Gasteiger partial charge in [-0.1, -0.05) is 13.0 Å². The van der Waals surface area contributed by atoms with Gasteiger partial charge in [-0.05, 0) is 50.2 Å². The van der Waals surface area contributed by atoms with Gasteiger partial charge in [0.25, 0.3) is 0 Å². The normalized spacial score (nSPS) is 16.3. The molecule has 3 nitrogen and oxygen atoms in total. The second-order valence-corrected chi connectivity index (χ2v) is 4.65. The van der Waals surface area contributed by atoms with E-state index in [4.69, 9.17) is 9.47 Å². The maximum atomic E-state index is 5.72. The first-order valence-electron chi connectivity index (χ1n) is 6.50. The molecule has 3 heteroatoms. The number of benzene rings is 1. The van der Waals surface area contributed by atoms with E-state index in [1.807, 2.05) is 24.3 Å². The van der Waals surface area contributed by atoms with Crippen molar-refractivity contribution < 1.29 is 9.47 Å². The van der Waals surface area contributed by atoms with E-state index in [1.54, 1.807) is 7.11 Å². The Kier molecular flexibility index (Phi) is 4.65. The van der Waals surface area contributed by atoms with Gasteiger partial charge in [-0.25, -0.2) is 0 Å². The average molecular weight is 247 g/mol. The summed E-state index contributed by atoms with van der Waals surface area (Å²) in [7, 11) is 1.66. The first-order chi connectivity index (χ1) is 8.78. The quantitative estimate of drug-likeness (QED) is 0.746. The van der Waals surface area contributed by atoms with Crippen molar-refractivity contribution in [1.82, 2.24) is 4.90 Å². The van der Waals surface area contributed by atoms with Crippen molar-refractivity contribution >= 4 is 0 Å². The molecule has 18 heavy (non-hydrogen) atoms. The Labute approximate surface area is 109 Å². The van der Waals surface area contributed by atoms with Crippen LogP contribution in [0.2, 0.25) is 0 Å². The van der Waals surface area contributed by atoms with Gasteiger partial charge in [-0.2, -0.15) is 0 Å². The Bertz CT molecular complexity index is 380. The SMILES string of the molecule is C=C(CN1CCCCC1)Oc1ccc(OC)cc1. The molecule has 1 heterocycles. The molecule has 1 aliphatic rings. The highest BCUT2D eigenvalue weighted by atomic mass is 16.5. The largest absolute Gasteiger partial charge is 0.497 e. The summed E-state index contributed by atoms with van der Waals surface area (Å²) in [6.45, 7) is 7.13. The number of hydrogen-bond acceptors (Lipinski definition) is 3. The summed E-state index contributed by atoms with van der Waals surface area (Å²) in [5.74, 6) is 2.46. The number of likely N-dealkylation sites (tertiary alicyclic amines) is 1. The summed E-state index contributed by atoms with van der Waals surface area (Å²) in [5, 5.41) is 0. The predicted octanol–water partition coefficient (Wildman–Crippen LogP) is 3.07. The molecule has 1 saturated heterocycles. The molecular weight excluding hydrogens is 226 g/mol. The molecule has 0 saturated carbocycles. The fourth-order valence-corrected chi connectivity index (χ4v) is 2.21. The van der Waals surface area contributed by atoms with Gasteiger partial charge in [-0.15, -0.1) is 0 Å². The molecular formula is C15H21NO2. The number of hydrogen-bond donors (Lipinski definition) is 0. The van der Waals surface area contributed by atoms with Crippen molar-refractivity contribution in [2.24, 2.45) is 0 Å². The van der Waals surface area contributed by atoms with E-state index in [-0.39, 0.29) is 0 Å². The van der Waals surface area contributed by atoms with Crippen LogP contribution in [-0.2, 0) is 0 Å². The van der Waals surface area contributed by atoms with Gasteiger partial charge < -0.3 is 9.47 Å². The van der Waals surface area contributed by atoms with E-state index in [0.717, 1.165) is 36.9 Å². The zero-order chi connectivity index (χ0) is 12.8. The van der Waals surface area contributed by atoms with Gasteiger partial charge in [0.2, 0.25) is 0 Å². The lowest BCUT2D eigenvalue weighted by molar-refractivity contribution is 0.220. The van der Waals surface area contributed by atoms with E-state index >= 15 is 0 Å². The summed E-state index contributed by atoms with van der Waals surface area (Å²) in [6.07, 6.45) is 3.92. The monoisotopic (exact) mass is 247 g/mol. The van der Waals surface area contributed by atoms with Gasteiger partial charge in [0.1, 0.15) is 17.3 Å². The van der Waals surface area contributed by atoms with Gasteiger partial charge in [0.15, 0.2) is 0 Å². The lowest BCUT2D eigenvalue weighted by atomic mass is 10.1. The molecule has 0 amide bonds. The third kappa shape index (κ3) is 3.77. The van der Waals surface area contributed by atoms with Crippen molar-refractivity contribution in [2.75, 3.05) is 26.7 Å². The molecule has 0 radical (unpaired) electrons. The molecule has 0 N–H and O–H groups in total. The zero-order valence-corrected chi connectivity index (χ0v) is 11.0. The lowest BCUT2D eigenvalue weighted by Gasteiger charge is -2.26. The molecule has 0 bridgehead atoms. The van der Waals surface area contributed by atoms with Crippen LogP contribution in [0, 0.1) is 0 Å². The van der Waals surface area contributed by atoms with Crippen LogP contribution in [0.25, 0.3) is 0 Å². The Morgan fingerprint density at radius 3 is 2.33 bits per heavy atom. The highest BCUT2D eigenvalue weighted by molar-refractivity contribution is 5.32. The maximum absolute atomic E-state index is 5.72. The number of methoxy groups -OCH3 is 1. The Balaban J connectivity index is 1.82. The summed E-state index contributed by atoms with van der Waals surface area (Å²) >= 11 is 0. The number of ether oxygens (including phenoxy) is 2. The first kappa shape index (κ1) is 13.0. The van der Waals surface area contributed by atoms with Gasteiger partial charge >= 0.3 is 0 Å². The Morgan fingerprint density at radius 2 is 1.72 bits per heavy atom. The average Bonchev–Trinajstić information content (AvgIpc) is 2.40. The number of rotatable bonds is 5. The summed E-state index contributed by atoms with van der Waals surface area (Å²) < 4.78 is 10.8. The number of nitrogens with zero attached hydrogens (tertiary/aromatic N) is 1. The highest BCUT2D eigenvalue weighted by Crippen LogP contribution is 2.19. The zero-order valence-electron chi connectivity index (χ0n) is 11.0. The van der Waals surface area contributed by atoms with Crippen LogP contribution in [0.4, 0.5) is 0 Å². The van der Waals surface area contributed by atoms with Crippen molar-refractivity contribution in [3.63, 3.8) is 0 Å². The van der Waals surface area contributed by atoms with Crippen molar-refractivity contribution in [3.05, 3.63) is 36.6 Å². The molecule has 2 rings (SSSR count). The molecule has 98 valence electrons. The number of piperidine rings is 1. The van der Waals surface area contributed by atoms with E-state index in [1.165, 1.54) is 19.3 Å². The van der Waals surface area contributed by atoms with Crippen LogP contribution < -0.4 is 9.47 Å². The minimum atomic E-state index is 0.807. The fourth-order valence-electron chi connectivity index (χ4n) is 2.21. The van der Waals surface area contributed by atoms with Gasteiger partial charge in [-0.3, -0.25) is 4.90 Å². The van der Waals surface area contributed by atoms with Gasteiger partial charge in [0.05, 0.1) is 13.7 Å². The smallest absolute Gasteiger partial charge is 0.127 e. The molecule has 0 aliphatic carbocycles. The minimum Gasteiger partial charge on any atom is -0.497 e. The summed E-state index contributed by atoms with van der Waals surface area (Å²) in [4.78, 5) is 2.40. The van der Waals surface area contributed by atoms with E-state index < -0.39 is 0 Å². The lowest BCUT2D eigenvalue weighted by Crippen LogP contribution is -2.32. The Morgan fingerprint density at radius 1 is 1.11 bits per heavy atom. The van der Waals surface area contributed by atoms with Crippen molar-refractivity contribution in [1.29, 1.82) is 0 Å². The molecule has 1 aliphatic heterocycles. The minimum absolute atomic E-state index is 0.807. The van der Waals surface area contributed by atoms with Crippen LogP contribution in [0.15, 0.2) is 36.6 Å². The predicted molar refractivity (Wildman–Crippen MR) is 73.1 cm³/mol. The fraction of sp³-hybridized carbons (Fsp3) is 0.467. The molecule has 0 unspecified atom stereocenters. The molecule has 0 atom stereocenters. The van der Waals surface area contributed by atoms with Gasteiger partial charge in [0, 0.05) is 0 Å². The summed E-state index contributed by atoms with van der Waals surface area (Å²) in [5.41, 5.74) is 0. The molecule has 0 aromatic heterocycles. The molecule has 0 spiro atoms. The van der Waals surface area contributed by atoms with Crippen LogP contribution in [0.3, 0.4) is 0 Å². The second kappa shape index (κ2) is 6.45. The molecule has 1 fully saturated rings. The third-order valence-electron chi connectivity index (χ3n) is 3.17. The van der Waals surface area contributed by atoms with Crippen LogP contribution in [0.1, 0.15) is 19.3 Å². The standard InChI is InChI=1S/C15H21NO2/c1-13(12-16-10-4-3-5-11-16)18-15-8-6-14(17-2)7-9-15/h6-9H,1,3-5,10-12H2,2H3.